The van der Waals surface area contributed by atoms with Gasteiger partial charge in [0.15, 0.2) is 23.3 Å². The van der Waals surface area contributed by atoms with Crippen LogP contribution in [0.2, 0.25) is 0 Å². The third-order valence-corrected chi connectivity index (χ3v) is 17.8. The molecule has 4 heterocycles. The molecule has 0 fully saturated rings. The van der Waals surface area contributed by atoms with Crippen molar-refractivity contribution in [3.63, 3.8) is 0 Å². The van der Waals surface area contributed by atoms with Crippen molar-refractivity contribution < 1.29 is 55.0 Å². The first-order chi connectivity index (χ1) is 44.3. The van der Waals surface area contributed by atoms with Crippen molar-refractivity contribution in [3.8, 4) is 35.2 Å². The van der Waals surface area contributed by atoms with Gasteiger partial charge in [-0.25, -0.2) is 26.3 Å². The number of aryl methyl sites for hydroxylation is 4. The van der Waals surface area contributed by atoms with Gasteiger partial charge in [-0.1, -0.05) is 41.5 Å². The minimum atomic E-state index is -1.36. The van der Waals surface area contributed by atoms with Crippen LogP contribution in [0.15, 0.2) is 70.3 Å². The van der Waals surface area contributed by atoms with Gasteiger partial charge in [-0.2, -0.15) is 0 Å². The molecule has 8 rings (SSSR count). The average molecular weight is 1300 g/mol. The van der Waals surface area contributed by atoms with Gasteiger partial charge in [0.05, 0.1) is 34.8 Å². The highest BCUT2D eigenvalue weighted by molar-refractivity contribution is 6.03. The molecule has 0 unspecified atom stereocenters. The Kier molecular flexibility index (Phi) is 21.8. The maximum atomic E-state index is 15.0. The van der Waals surface area contributed by atoms with Gasteiger partial charge in [-0.05, 0) is 171 Å². The number of likely N-dealkylation sites (N-methyl/N-ethyl adjacent to an activating group) is 2. The molecule has 94 heavy (non-hydrogen) atoms. The van der Waals surface area contributed by atoms with Crippen LogP contribution in [0.1, 0.15) is 121 Å². The predicted molar refractivity (Wildman–Crippen MR) is 348 cm³/mol. The zero-order chi connectivity index (χ0) is 69.0. The second-order valence-corrected chi connectivity index (χ2v) is 25.5. The van der Waals surface area contributed by atoms with Crippen molar-refractivity contribution in [3.05, 3.63) is 183 Å². The third-order valence-electron chi connectivity index (χ3n) is 17.8. The van der Waals surface area contributed by atoms with E-state index in [1.54, 1.807) is 28.2 Å². The number of benzene rings is 4. The summed E-state index contributed by atoms with van der Waals surface area (Å²) >= 11 is 0. The first-order valence-electron chi connectivity index (χ1n) is 31.1. The molecular formula is C72H80F6N8O8. The van der Waals surface area contributed by atoms with Crippen molar-refractivity contribution in [1.82, 2.24) is 30.4 Å². The number of anilines is 2. The van der Waals surface area contributed by atoms with Crippen molar-refractivity contribution >= 4 is 35.0 Å². The quantitative estimate of drug-likeness (QED) is 0.0292. The molecule has 0 saturated heterocycles. The van der Waals surface area contributed by atoms with Crippen LogP contribution in [0.4, 0.5) is 37.7 Å². The molecule has 4 atom stereocenters. The highest BCUT2D eigenvalue weighted by Crippen LogP contribution is 2.43. The summed E-state index contributed by atoms with van der Waals surface area (Å²) in [7, 11) is 6.39. The lowest BCUT2D eigenvalue weighted by atomic mass is 9.90. The van der Waals surface area contributed by atoms with Gasteiger partial charge in [-0.3, -0.25) is 28.8 Å². The number of pyridine rings is 2. The minimum Gasteiger partial charge on any atom is -0.481 e. The topological polar surface area (TPSA) is 185 Å². The molecule has 2 aliphatic rings. The normalized spacial score (nSPS) is 14.8. The summed E-state index contributed by atoms with van der Waals surface area (Å²) in [6.07, 6.45) is 0.273. The van der Waals surface area contributed by atoms with Crippen molar-refractivity contribution in [2.45, 2.75) is 143 Å². The van der Waals surface area contributed by atoms with E-state index in [1.807, 2.05) is 93.5 Å². The Morgan fingerprint density at radius 3 is 1.15 bits per heavy atom. The summed E-state index contributed by atoms with van der Waals surface area (Å²) in [5, 5.41) is 11.9. The van der Waals surface area contributed by atoms with E-state index in [0.717, 1.165) is 33.4 Å². The van der Waals surface area contributed by atoms with Crippen LogP contribution in [0.25, 0.3) is 0 Å². The molecule has 0 saturated carbocycles. The van der Waals surface area contributed by atoms with E-state index in [-0.39, 0.29) is 74.2 Å². The second kappa shape index (κ2) is 29.0. The van der Waals surface area contributed by atoms with E-state index in [0.29, 0.717) is 71.4 Å². The lowest BCUT2D eigenvalue weighted by molar-refractivity contribution is -0.128. The van der Waals surface area contributed by atoms with Gasteiger partial charge in [0.1, 0.15) is 48.4 Å². The molecule has 6 aromatic rings. The number of amides is 4. The molecule has 0 spiro atoms. The maximum absolute atomic E-state index is 15.0. The Labute approximate surface area is 543 Å². The number of halogens is 6. The Balaban J connectivity index is 0.938. The predicted octanol–water partition coefficient (Wildman–Crippen LogP) is 8.50. The molecule has 4 N–H and O–H groups in total. The highest BCUT2D eigenvalue weighted by Gasteiger charge is 2.45. The van der Waals surface area contributed by atoms with Crippen LogP contribution in [0, 0.1) is 86.3 Å². The number of nitrogens with zero attached hydrogens (tertiary/aromatic N) is 4. The van der Waals surface area contributed by atoms with E-state index in [4.69, 9.17) is 9.47 Å². The number of carbonyl (C=O) groups excluding carboxylic acids is 4. The lowest BCUT2D eigenvalue weighted by Gasteiger charge is -2.28. The van der Waals surface area contributed by atoms with Gasteiger partial charge in [0.2, 0.25) is 23.6 Å². The minimum absolute atomic E-state index is 0.0214. The molecular weight excluding hydrogens is 1220 g/mol. The molecule has 498 valence electrons. The van der Waals surface area contributed by atoms with E-state index in [9.17, 15) is 45.5 Å². The summed E-state index contributed by atoms with van der Waals surface area (Å²) in [5.74, 6) is 3.33. The summed E-state index contributed by atoms with van der Waals surface area (Å²) < 4.78 is 101. The number of nitrogens with one attached hydrogen (secondary N) is 4. The zero-order valence-electron chi connectivity index (χ0n) is 55.5. The summed E-state index contributed by atoms with van der Waals surface area (Å²) in [6.45, 7) is 18.9. The van der Waals surface area contributed by atoms with Crippen LogP contribution in [-0.2, 0) is 69.8 Å². The molecule has 4 aromatic carbocycles. The fourth-order valence-corrected chi connectivity index (χ4v) is 13.0. The van der Waals surface area contributed by atoms with E-state index >= 15 is 9.59 Å². The van der Waals surface area contributed by atoms with Crippen LogP contribution < -0.4 is 51.7 Å². The first kappa shape index (κ1) is 70.7. The standard InChI is InChI=1S/C72H80F6N8O8/c1-15-57(79-11)65(87)81-59(69(91)85-37-71(7,8)63-61(85)31-45(67(89)83(63)13)27-43-29-53(75)55(77)35-51(43)73)33-49-39(3)23-47(24-40(49)4)93-21-19-17-18-20-22-94-48-25-41(5)50(42(6)26-48)34-60(82-66(88)58(16-2)80-12)70(92)86-38-72(9,10)64-62(86)32-46(68(90)84(64)14)28-44-30-54(76)56(78)36-52(44)74/h23-26,29-32,35-36,57-60,79-80H,15-16,21-22,27-28,33-34,37-38H2,1-14H3,(H,81,87)(H,82,88)/t57-,58-,59-,60-/m0/s1. The molecule has 16 nitrogen and oxygen atoms in total. The SMILES string of the molecule is CC[C@H](NC)C(=O)N[C@@H](Cc1c(C)cc(OCC#CC#CCOc2cc(C)c(C[C@H](NC(=O)[C@H](CC)NC)C(=O)N3CC(C)(C)c4c3cc(Cc3cc(F)c(F)cc3F)c(=O)n4C)c(C)c2)cc1C)C(=O)N1CC(C)(C)c2c1cc(Cc1cc(F)c(F)cc1F)c(=O)n2C. The summed E-state index contributed by atoms with van der Waals surface area (Å²) in [4.78, 5) is 88.1. The Bertz CT molecular complexity index is 3930. The third kappa shape index (κ3) is 15.1. The van der Waals surface area contributed by atoms with Gasteiger partial charge >= 0.3 is 0 Å². The van der Waals surface area contributed by atoms with Gasteiger partial charge in [-0.15, -0.1) is 0 Å². The van der Waals surface area contributed by atoms with Crippen molar-refractivity contribution in [2.24, 2.45) is 14.1 Å². The first-order valence-corrected chi connectivity index (χ1v) is 31.1. The number of aromatic nitrogens is 2. The van der Waals surface area contributed by atoms with Crippen LogP contribution >= 0.6 is 0 Å². The average Bonchev–Trinajstić information content (AvgIpc) is 1.58. The molecule has 0 radical (unpaired) electrons. The van der Waals surface area contributed by atoms with E-state index < -0.39 is 105 Å². The zero-order valence-corrected chi connectivity index (χ0v) is 55.5. The Morgan fingerprint density at radius 2 is 0.830 bits per heavy atom. The summed E-state index contributed by atoms with van der Waals surface area (Å²) in [5.41, 5.74) is 3.60. The van der Waals surface area contributed by atoms with E-state index in [1.165, 1.54) is 31.1 Å². The Morgan fingerprint density at radius 1 is 0.500 bits per heavy atom. The number of rotatable bonds is 22. The fourth-order valence-electron chi connectivity index (χ4n) is 13.0. The molecule has 2 aliphatic heterocycles. The largest absolute Gasteiger partial charge is 0.481 e. The number of hydrogen-bond acceptors (Lipinski definition) is 10. The maximum Gasteiger partial charge on any atom is 0.254 e. The summed E-state index contributed by atoms with van der Waals surface area (Å²) in [6, 6.07) is 9.07. The number of hydrogen-bond donors (Lipinski definition) is 4. The lowest BCUT2D eigenvalue weighted by Crippen LogP contribution is -2.54. The van der Waals surface area contributed by atoms with Gasteiger partial charge in [0.25, 0.3) is 11.1 Å². The molecule has 0 aliphatic carbocycles. The molecule has 4 amide bonds. The van der Waals surface area contributed by atoms with Gasteiger partial charge < -0.3 is 49.7 Å². The number of carbonyl (C=O) groups is 4. The molecule has 0 bridgehead atoms. The monoisotopic (exact) mass is 1300 g/mol. The van der Waals surface area contributed by atoms with Crippen LogP contribution in [-0.4, -0.2) is 97.3 Å². The number of ether oxygens (including phenoxy) is 2. The Hall–Kier alpha value is -9.12. The van der Waals surface area contributed by atoms with Gasteiger partial charge in [0, 0.05) is 87.0 Å². The van der Waals surface area contributed by atoms with Crippen molar-refractivity contribution in [1.29, 1.82) is 0 Å². The van der Waals surface area contributed by atoms with Crippen molar-refractivity contribution in [2.75, 3.05) is 50.2 Å². The second-order valence-electron chi connectivity index (χ2n) is 25.5. The smallest absolute Gasteiger partial charge is 0.254 e. The fraction of sp³-hybridized carbons (Fsp3) is 0.417. The van der Waals surface area contributed by atoms with Crippen LogP contribution in [0.3, 0.4) is 0 Å². The van der Waals surface area contributed by atoms with E-state index in [2.05, 4.69) is 44.9 Å². The number of fused-ring (bicyclic) bond motifs is 2. The molecule has 2 aromatic heterocycles. The molecule has 22 heteroatoms. The van der Waals surface area contributed by atoms with Crippen LogP contribution in [0.5, 0.6) is 11.5 Å². The highest BCUT2D eigenvalue weighted by atomic mass is 19.2.